The summed E-state index contributed by atoms with van der Waals surface area (Å²) in [5, 5.41) is 18.0. The van der Waals surface area contributed by atoms with E-state index in [2.05, 4.69) is 9.97 Å². The summed E-state index contributed by atoms with van der Waals surface area (Å²) in [4.78, 5) is 18.3. The molecule has 0 aliphatic rings. The Morgan fingerprint density at radius 2 is 1.55 bits per heavy atom. The summed E-state index contributed by atoms with van der Waals surface area (Å²) in [5.74, 6) is -2.52. The molecule has 1 heterocycles. The third-order valence-electron chi connectivity index (χ3n) is 6.64. The van der Waals surface area contributed by atoms with Crippen molar-refractivity contribution in [3.63, 3.8) is 0 Å². The fourth-order valence-electron chi connectivity index (χ4n) is 4.47. The first-order valence-corrected chi connectivity index (χ1v) is 13.2. The minimum atomic E-state index is -1.11. The van der Waals surface area contributed by atoms with Crippen molar-refractivity contribution in [1.29, 1.82) is 0 Å². The molecule has 5 aromatic rings. The lowest BCUT2D eigenvalue weighted by Crippen LogP contribution is -2.07. The number of benzene rings is 4. The number of carbonyl (C=O) groups is 1. The van der Waals surface area contributed by atoms with Crippen molar-refractivity contribution < 1.29 is 38.0 Å². The second kappa shape index (κ2) is 12.9. The molecule has 0 atom stereocenters. The van der Waals surface area contributed by atoms with Crippen LogP contribution in [0.3, 0.4) is 0 Å². The van der Waals surface area contributed by atoms with Crippen LogP contribution in [0.25, 0.3) is 33.3 Å². The van der Waals surface area contributed by atoms with Crippen LogP contribution in [0.15, 0.2) is 72.8 Å². The quantitative estimate of drug-likeness (QED) is 0.146. The van der Waals surface area contributed by atoms with Crippen LogP contribution >= 0.6 is 0 Å². The van der Waals surface area contributed by atoms with E-state index < -0.39 is 17.6 Å². The monoisotopic (exact) mass is 574 g/mol. The van der Waals surface area contributed by atoms with E-state index in [1.54, 1.807) is 43.3 Å². The zero-order chi connectivity index (χ0) is 29.6. The number of carboxylic acid groups (broad SMARTS) is 1. The van der Waals surface area contributed by atoms with Gasteiger partial charge in [0.2, 0.25) is 0 Å². The van der Waals surface area contributed by atoms with Crippen LogP contribution in [-0.2, 0) is 16.1 Å². The molecule has 0 bridgehead atoms. The number of imidazole rings is 1. The lowest BCUT2D eigenvalue weighted by atomic mass is 9.98. The minimum Gasteiger partial charge on any atom is -0.478 e. The van der Waals surface area contributed by atoms with Gasteiger partial charge in [-0.1, -0.05) is 54.6 Å². The zero-order valence-corrected chi connectivity index (χ0v) is 22.7. The minimum absolute atomic E-state index is 0.0175. The summed E-state index contributed by atoms with van der Waals surface area (Å²) >= 11 is 0. The molecule has 0 saturated heterocycles. The molecule has 42 heavy (non-hydrogen) atoms. The number of hydrogen-bond donors (Lipinski definition) is 3. The highest BCUT2D eigenvalue weighted by atomic mass is 19.1. The van der Waals surface area contributed by atoms with Gasteiger partial charge in [-0.2, -0.15) is 4.98 Å². The van der Waals surface area contributed by atoms with Crippen LogP contribution in [0, 0.1) is 18.6 Å². The molecule has 0 spiro atoms. The van der Waals surface area contributed by atoms with E-state index in [4.69, 9.17) is 19.3 Å². The number of aromatic nitrogens is 2. The van der Waals surface area contributed by atoms with Crippen LogP contribution in [0.2, 0.25) is 0 Å². The second-order valence-corrected chi connectivity index (χ2v) is 9.53. The third-order valence-corrected chi connectivity index (χ3v) is 6.64. The largest absolute Gasteiger partial charge is 0.478 e. The Balaban J connectivity index is 1.31. The second-order valence-electron chi connectivity index (χ2n) is 9.53. The first-order valence-electron chi connectivity index (χ1n) is 13.2. The molecule has 0 radical (unpaired) electrons. The van der Waals surface area contributed by atoms with E-state index in [1.165, 1.54) is 6.07 Å². The predicted octanol–water partition coefficient (Wildman–Crippen LogP) is 6.50. The van der Waals surface area contributed by atoms with E-state index in [9.17, 15) is 9.90 Å². The van der Waals surface area contributed by atoms with Gasteiger partial charge in [0.1, 0.15) is 17.1 Å². The van der Waals surface area contributed by atoms with E-state index in [-0.39, 0.29) is 47.1 Å². The Labute approximate surface area is 240 Å². The number of ether oxygens (including phenoxy) is 3. The molecule has 216 valence electrons. The number of nitrogens with zero attached hydrogens (tertiary/aromatic N) is 1. The third kappa shape index (κ3) is 6.46. The number of nitrogens with one attached hydrogen (secondary N) is 1. The first-order chi connectivity index (χ1) is 20.3. The van der Waals surface area contributed by atoms with Crippen molar-refractivity contribution in [2.75, 3.05) is 26.4 Å². The molecule has 10 heteroatoms. The smallest absolute Gasteiger partial charge is 0.336 e. The maximum Gasteiger partial charge on any atom is 0.336 e. The molecule has 0 amide bonds. The average Bonchev–Trinajstić information content (AvgIpc) is 3.39. The Morgan fingerprint density at radius 1 is 0.881 bits per heavy atom. The normalized spacial score (nSPS) is 11.2. The summed E-state index contributed by atoms with van der Waals surface area (Å²) in [6, 6.07) is 20.2. The van der Waals surface area contributed by atoms with Crippen LogP contribution < -0.4 is 4.74 Å². The number of aromatic amines is 1. The van der Waals surface area contributed by atoms with E-state index in [1.807, 2.05) is 24.3 Å². The lowest BCUT2D eigenvalue weighted by Gasteiger charge is -2.09. The van der Waals surface area contributed by atoms with E-state index in [0.717, 1.165) is 22.8 Å². The maximum absolute atomic E-state index is 15.6. The molecule has 0 aliphatic heterocycles. The van der Waals surface area contributed by atoms with Gasteiger partial charge in [-0.3, -0.25) is 0 Å². The van der Waals surface area contributed by atoms with Crippen molar-refractivity contribution >= 4 is 17.0 Å². The Morgan fingerprint density at radius 3 is 2.24 bits per heavy atom. The first kappa shape index (κ1) is 28.9. The standard InChI is InChI=1S/C32H28F2N2O6/c1-19-2-11-24(16-25(19)31(38)39)42-32-35-27-17-26(33)28(29(34)30(27)36-32)23-9-7-22(8-10-23)21-5-3-20(4-6-21)18-41-15-14-40-13-12-37/h2-11,16-17,37H,12-15,18H2,1H3,(H,35,36)(H,38,39). The molecular weight excluding hydrogens is 546 g/mol. The van der Waals surface area contributed by atoms with Gasteiger partial charge in [0.15, 0.2) is 5.82 Å². The highest BCUT2D eigenvalue weighted by molar-refractivity contribution is 5.90. The summed E-state index contributed by atoms with van der Waals surface area (Å²) in [6.45, 7) is 3.20. The molecule has 0 aliphatic carbocycles. The van der Waals surface area contributed by atoms with E-state index in [0.29, 0.717) is 30.9 Å². The predicted molar refractivity (Wildman–Crippen MR) is 153 cm³/mol. The number of aliphatic hydroxyl groups is 1. The topological polar surface area (TPSA) is 114 Å². The van der Waals surface area contributed by atoms with Crippen LogP contribution in [0.4, 0.5) is 8.78 Å². The van der Waals surface area contributed by atoms with Crippen molar-refractivity contribution in [2.24, 2.45) is 0 Å². The Bertz CT molecular complexity index is 1700. The lowest BCUT2D eigenvalue weighted by molar-refractivity contribution is 0.0274. The molecular formula is C32H28F2N2O6. The number of aromatic carboxylic acids is 1. The number of hydrogen-bond acceptors (Lipinski definition) is 6. The van der Waals surface area contributed by atoms with Gasteiger partial charge in [-0.25, -0.2) is 13.6 Å². The zero-order valence-electron chi connectivity index (χ0n) is 22.7. The van der Waals surface area contributed by atoms with Gasteiger partial charge < -0.3 is 29.4 Å². The number of aliphatic hydroxyl groups excluding tert-OH is 1. The van der Waals surface area contributed by atoms with Crippen molar-refractivity contribution in [2.45, 2.75) is 13.5 Å². The molecule has 0 saturated carbocycles. The van der Waals surface area contributed by atoms with E-state index >= 15 is 8.78 Å². The molecule has 0 unspecified atom stereocenters. The number of rotatable bonds is 12. The maximum atomic E-state index is 15.6. The van der Waals surface area contributed by atoms with Crippen LogP contribution in [0.5, 0.6) is 11.8 Å². The SMILES string of the molecule is Cc1ccc(Oc2nc3c(F)c(-c4ccc(-c5ccc(COCCOCCO)cc5)cc4)c(F)cc3[nH]2)cc1C(=O)O. The van der Waals surface area contributed by atoms with Crippen LogP contribution in [-0.4, -0.2) is 52.6 Å². The van der Waals surface area contributed by atoms with Gasteiger partial charge in [-0.15, -0.1) is 0 Å². The van der Waals surface area contributed by atoms with Gasteiger partial charge in [0.25, 0.3) is 6.01 Å². The average molecular weight is 575 g/mol. The molecule has 4 aromatic carbocycles. The van der Waals surface area contributed by atoms with Gasteiger partial charge in [0, 0.05) is 6.07 Å². The molecule has 3 N–H and O–H groups in total. The molecule has 0 fully saturated rings. The number of fused-ring (bicyclic) bond motifs is 1. The fourth-order valence-corrected chi connectivity index (χ4v) is 4.47. The number of halogens is 2. The summed E-state index contributed by atoms with van der Waals surface area (Å²) in [6.07, 6.45) is 0. The number of aryl methyl sites for hydroxylation is 1. The van der Waals surface area contributed by atoms with Crippen molar-refractivity contribution in [3.8, 4) is 34.0 Å². The van der Waals surface area contributed by atoms with Crippen molar-refractivity contribution in [1.82, 2.24) is 9.97 Å². The fraction of sp³-hybridized carbons (Fsp3) is 0.188. The number of H-pyrrole nitrogens is 1. The Kier molecular flexibility index (Phi) is 8.87. The summed E-state index contributed by atoms with van der Waals surface area (Å²) in [7, 11) is 0. The number of carboxylic acids is 1. The highest BCUT2D eigenvalue weighted by Crippen LogP contribution is 2.34. The van der Waals surface area contributed by atoms with Gasteiger partial charge in [-0.05, 0) is 46.9 Å². The van der Waals surface area contributed by atoms with Gasteiger partial charge in [0.05, 0.1) is 49.7 Å². The molecule has 1 aromatic heterocycles. The molecule has 8 nitrogen and oxygen atoms in total. The summed E-state index contributed by atoms with van der Waals surface area (Å²) in [5.41, 5.74) is 3.55. The van der Waals surface area contributed by atoms with Crippen molar-refractivity contribution in [3.05, 3.63) is 101 Å². The van der Waals surface area contributed by atoms with Gasteiger partial charge >= 0.3 is 5.97 Å². The summed E-state index contributed by atoms with van der Waals surface area (Å²) < 4.78 is 47.0. The highest BCUT2D eigenvalue weighted by Gasteiger charge is 2.20. The Hall–Kier alpha value is -4.64. The molecule has 5 rings (SSSR count). The van der Waals surface area contributed by atoms with Crippen LogP contribution in [0.1, 0.15) is 21.5 Å².